The van der Waals surface area contributed by atoms with E-state index in [4.69, 9.17) is 27.9 Å². The number of rotatable bonds is 1. The highest BCUT2D eigenvalue weighted by Crippen LogP contribution is 2.21. The van der Waals surface area contributed by atoms with Crippen molar-refractivity contribution in [3.8, 4) is 11.8 Å². The van der Waals surface area contributed by atoms with Gasteiger partial charge in [-0.15, -0.1) is 0 Å². The van der Waals surface area contributed by atoms with E-state index in [1.165, 1.54) is 0 Å². The molecule has 1 N–H and O–H groups in total. The first-order valence-electron chi connectivity index (χ1n) is 5.69. The lowest BCUT2D eigenvalue weighted by Crippen LogP contribution is -2.32. The number of alkyl carbamates (subject to hydrolysis) is 1. The minimum atomic E-state index is -0.513. The van der Waals surface area contributed by atoms with Crippen molar-refractivity contribution >= 4 is 29.3 Å². The molecule has 0 unspecified atom stereocenters. The molecule has 1 amide bonds. The number of benzene rings is 1. The molecule has 0 fully saturated rings. The molecule has 0 saturated carbocycles. The Morgan fingerprint density at radius 2 is 2.00 bits per heavy atom. The monoisotopic (exact) mass is 299 g/mol. The van der Waals surface area contributed by atoms with Crippen LogP contribution < -0.4 is 5.32 Å². The third-order valence-electron chi connectivity index (χ3n) is 1.87. The molecule has 0 aromatic heterocycles. The number of halogens is 2. The van der Waals surface area contributed by atoms with Crippen molar-refractivity contribution in [1.29, 1.82) is 0 Å². The Balaban J connectivity index is 2.47. The lowest BCUT2D eigenvalue weighted by Gasteiger charge is -2.18. The van der Waals surface area contributed by atoms with Crippen LogP contribution in [0.15, 0.2) is 18.2 Å². The molecule has 0 heterocycles. The Hall–Kier alpha value is -1.37. The van der Waals surface area contributed by atoms with Gasteiger partial charge >= 0.3 is 6.09 Å². The predicted molar refractivity (Wildman–Crippen MR) is 77.6 cm³/mol. The van der Waals surface area contributed by atoms with E-state index >= 15 is 0 Å². The number of carbonyl (C=O) groups is 1. The van der Waals surface area contributed by atoms with Gasteiger partial charge in [-0.2, -0.15) is 0 Å². The molecule has 5 heteroatoms. The van der Waals surface area contributed by atoms with Gasteiger partial charge in [0.1, 0.15) is 5.60 Å². The third kappa shape index (κ3) is 6.37. The number of hydrogen-bond acceptors (Lipinski definition) is 2. The molecule has 0 aliphatic carbocycles. The first-order chi connectivity index (χ1) is 8.78. The average Bonchev–Trinajstić information content (AvgIpc) is 2.27. The van der Waals surface area contributed by atoms with Crippen molar-refractivity contribution in [3.05, 3.63) is 33.8 Å². The van der Waals surface area contributed by atoms with E-state index in [1.807, 2.05) is 0 Å². The molecular formula is C14H15Cl2NO2. The standard InChI is InChI=1S/C14H15Cl2NO2/c1-14(2,3)19-13(18)17-8-4-5-10-6-7-11(15)12(16)9-10/h6-7,9H,8H2,1-3H3,(H,17,18). The van der Waals surface area contributed by atoms with Crippen molar-refractivity contribution in [3.63, 3.8) is 0 Å². The summed E-state index contributed by atoms with van der Waals surface area (Å²) in [6.45, 7) is 5.60. The normalized spacial score (nSPS) is 10.4. The van der Waals surface area contributed by atoms with Gasteiger partial charge in [-0.3, -0.25) is 0 Å². The Bertz CT molecular complexity index is 524. The fraction of sp³-hybridized carbons (Fsp3) is 0.357. The summed E-state index contributed by atoms with van der Waals surface area (Å²) in [4.78, 5) is 11.3. The molecule has 0 saturated heterocycles. The zero-order valence-corrected chi connectivity index (χ0v) is 12.5. The number of hydrogen-bond donors (Lipinski definition) is 1. The Kier molecular flexibility index (Phi) is 5.53. The largest absolute Gasteiger partial charge is 0.444 e. The van der Waals surface area contributed by atoms with Crippen molar-refractivity contribution in [2.24, 2.45) is 0 Å². The van der Waals surface area contributed by atoms with E-state index in [1.54, 1.807) is 39.0 Å². The summed E-state index contributed by atoms with van der Waals surface area (Å²) >= 11 is 11.7. The van der Waals surface area contributed by atoms with Gasteiger partial charge in [0.05, 0.1) is 16.6 Å². The molecule has 1 rings (SSSR count). The second-order valence-electron chi connectivity index (χ2n) is 4.79. The second kappa shape index (κ2) is 6.70. The van der Waals surface area contributed by atoms with E-state index in [0.717, 1.165) is 5.56 Å². The maximum absolute atomic E-state index is 11.3. The summed E-state index contributed by atoms with van der Waals surface area (Å²) in [5.74, 6) is 5.67. The third-order valence-corrected chi connectivity index (χ3v) is 2.61. The average molecular weight is 300 g/mol. The molecule has 0 atom stereocenters. The van der Waals surface area contributed by atoms with Crippen molar-refractivity contribution in [2.75, 3.05) is 6.54 Å². The van der Waals surface area contributed by atoms with Gasteiger partial charge in [0.2, 0.25) is 0 Å². The zero-order chi connectivity index (χ0) is 14.5. The Morgan fingerprint density at radius 1 is 1.32 bits per heavy atom. The SMILES string of the molecule is CC(C)(C)OC(=O)NCC#Cc1ccc(Cl)c(Cl)c1. The lowest BCUT2D eigenvalue weighted by atomic mass is 10.2. The van der Waals surface area contributed by atoms with Gasteiger partial charge < -0.3 is 10.1 Å². The molecule has 19 heavy (non-hydrogen) atoms. The fourth-order valence-corrected chi connectivity index (χ4v) is 1.45. The highest BCUT2D eigenvalue weighted by atomic mass is 35.5. The van der Waals surface area contributed by atoms with Crippen LogP contribution >= 0.6 is 23.2 Å². The van der Waals surface area contributed by atoms with Crippen LogP contribution in [0.1, 0.15) is 26.3 Å². The van der Waals surface area contributed by atoms with Gasteiger partial charge in [0.25, 0.3) is 0 Å². The van der Waals surface area contributed by atoms with Crippen LogP contribution in [-0.2, 0) is 4.74 Å². The van der Waals surface area contributed by atoms with E-state index in [0.29, 0.717) is 10.0 Å². The van der Waals surface area contributed by atoms with Crippen LogP contribution in [0, 0.1) is 11.8 Å². The van der Waals surface area contributed by atoms with Crippen LogP contribution in [0.5, 0.6) is 0 Å². The minimum absolute atomic E-state index is 0.204. The van der Waals surface area contributed by atoms with E-state index in [-0.39, 0.29) is 6.54 Å². The Morgan fingerprint density at radius 3 is 2.58 bits per heavy atom. The highest BCUT2D eigenvalue weighted by molar-refractivity contribution is 6.42. The molecular weight excluding hydrogens is 285 g/mol. The van der Waals surface area contributed by atoms with Gasteiger partial charge in [0, 0.05) is 5.56 Å². The maximum atomic E-state index is 11.3. The summed E-state index contributed by atoms with van der Waals surface area (Å²) in [6, 6.07) is 5.11. The van der Waals surface area contributed by atoms with Gasteiger partial charge in [-0.1, -0.05) is 35.0 Å². The predicted octanol–water partition coefficient (Wildman–Crippen LogP) is 3.87. The smallest absolute Gasteiger partial charge is 0.408 e. The van der Waals surface area contributed by atoms with Crippen LogP contribution in [-0.4, -0.2) is 18.2 Å². The number of nitrogens with one attached hydrogen (secondary N) is 1. The highest BCUT2D eigenvalue weighted by Gasteiger charge is 2.14. The first kappa shape index (κ1) is 15.7. The van der Waals surface area contributed by atoms with Crippen molar-refractivity contribution < 1.29 is 9.53 Å². The van der Waals surface area contributed by atoms with Crippen molar-refractivity contribution in [1.82, 2.24) is 5.32 Å². The minimum Gasteiger partial charge on any atom is -0.444 e. The lowest BCUT2D eigenvalue weighted by molar-refractivity contribution is 0.0535. The molecule has 0 spiro atoms. The van der Waals surface area contributed by atoms with Crippen LogP contribution in [0.25, 0.3) is 0 Å². The Labute approximate surface area is 123 Å². The molecule has 1 aromatic rings. The summed E-state index contributed by atoms with van der Waals surface area (Å²) < 4.78 is 5.07. The summed E-state index contributed by atoms with van der Waals surface area (Å²) in [5, 5.41) is 3.48. The van der Waals surface area contributed by atoms with Gasteiger partial charge in [-0.05, 0) is 39.0 Å². The molecule has 0 aliphatic rings. The summed E-state index contributed by atoms with van der Waals surface area (Å²) in [7, 11) is 0. The second-order valence-corrected chi connectivity index (χ2v) is 5.60. The van der Waals surface area contributed by atoms with Crippen LogP contribution in [0.3, 0.4) is 0 Å². The fourth-order valence-electron chi connectivity index (χ4n) is 1.15. The number of carbonyl (C=O) groups excluding carboxylic acids is 1. The van der Waals surface area contributed by atoms with Crippen molar-refractivity contribution in [2.45, 2.75) is 26.4 Å². The summed E-state index contributed by atoms with van der Waals surface area (Å²) in [5.41, 5.74) is 0.224. The van der Waals surface area contributed by atoms with Gasteiger partial charge in [0.15, 0.2) is 0 Å². The topological polar surface area (TPSA) is 38.3 Å². The zero-order valence-electron chi connectivity index (χ0n) is 11.0. The van der Waals surface area contributed by atoms with E-state index in [9.17, 15) is 4.79 Å². The molecule has 0 bridgehead atoms. The molecule has 1 aromatic carbocycles. The molecule has 3 nitrogen and oxygen atoms in total. The molecule has 102 valence electrons. The van der Waals surface area contributed by atoms with Crippen LogP contribution in [0.4, 0.5) is 4.79 Å². The summed E-state index contributed by atoms with van der Waals surface area (Å²) in [6.07, 6.45) is -0.490. The number of ether oxygens (including phenoxy) is 1. The van der Waals surface area contributed by atoms with E-state index in [2.05, 4.69) is 17.2 Å². The molecule has 0 aliphatic heterocycles. The van der Waals surface area contributed by atoms with Gasteiger partial charge in [-0.25, -0.2) is 4.79 Å². The quantitative estimate of drug-likeness (QED) is 0.800. The molecule has 0 radical (unpaired) electrons. The first-order valence-corrected chi connectivity index (χ1v) is 6.44. The van der Waals surface area contributed by atoms with E-state index < -0.39 is 11.7 Å². The number of amides is 1. The maximum Gasteiger partial charge on any atom is 0.408 e. The van der Waals surface area contributed by atoms with Crippen LogP contribution in [0.2, 0.25) is 10.0 Å².